The van der Waals surface area contributed by atoms with Crippen LogP contribution in [0.3, 0.4) is 0 Å². The van der Waals surface area contributed by atoms with Crippen molar-refractivity contribution in [3.8, 4) is 0 Å². The molecule has 1 saturated heterocycles. The molecule has 1 aromatic heterocycles. The first-order chi connectivity index (χ1) is 9.81. The molecule has 5 nitrogen and oxygen atoms in total. The Morgan fingerprint density at radius 2 is 2.25 bits per heavy atom. The van der Waals surface area contributed by atoms with Crippen LogP contribution < -0.4 is 10.2 Å². The summed E-state index contributed by atoms with van der Waals surface area (Å²) >= 11 is 0. The van der Waals surface area contributed by atoms with Crippen molar-refractivity contribution in [1.82, 2.24) is 14.9 Å². The second-order valence-electron chi connectivity index (χ2n) is 5.55. The second-order valence-corrected chi connectivity index (χ2v) is 5.55. The van der Waals surface area contributed by atoms with E-state index in [9.17, 15) is 0 Å². The van der Waals surface area contributed by atoms with Gasteiger partial charge in [-0.1, -0.05) is 0 Å². The van der Waals surface area contributed by atoms with Gasteiger partial charge in [0.15, 0.2) is 0 Å². The molecule has 0 unspecified atom stereocenters. The number of ether oxygens (including phenoxy) is 1. The van der Waals surface area contributed by atoms with Crippen LogP contribution in [-0.2, 0) is 11.3 Å². The summed E-state index contributed by atoms with van der Waals surface area (Å²) in [5.74, 6) is 1.87. The number of nitrogens with one attached hydrogen (secondary N) is 1. The van der Waals surface area contributed by atoms with Gasteiger partial charge in [0.1, 0.15) is 0 Å². The molecule has 0 aromatic carbocycles. The fourth-order valence-electron chi connectivity index (χ4n) is 2.83. The Morgan fingerprint density at radius 1 is 1.45 bits per heavy atom. The molecule has 0 aliphatic carbocycles. The van der Waals surface area contributed by atoms with Gasteiger partial charge in [0, 0.05) is 45.7 Å². The van der Waals surface area contributed by atoms with Crippen LogP contribution in [-0.4, -0.2) is 49.4 Å². The van der Waals surface area contributed by atoms with Gasteiger partial charge in [-0.3, -0.25) is 0 Å². The molecule has 0 atom stereocenters. The predicted molar refractivity (Wildman–Crippen MR) is 82.2 cm³/mol. The van der Waals surface area contributed by atoms with Crippen LogP contribution in [0.5, 0.6) is 0 Å². The molecule has 5 heteroatoms. The molecule has 0 bridgehead atoms. The Morgan fingerprint density at radius 3 is 3.00 bits per heavy atom. The van der Waals surface area contributed by atoms with Crippen molar-refractivity contribution < 1.29 is 4.74 Å². The van der Waals surface area contributed by atoms with Crippen LogP contribution in [0.25, 0.3) is 0 Å². The summed E-state index contributed by atoms with van der Waals surface area (Å²) in [4.78, 5) is 6.82. The van der Waals surface area contributed by atoms with E-state index in [1.807, 2.05) is 13.1 Å². The van der Waals surface area contributed by atoms with E-state index in [1.165, 1.54) is 12.8 Å². The molecule has 1 aromatic rings. The molecular weight excluding hydrogens is 252 g/mol. The number of aryl methyl sites for hydroxylation is 1. The number of anilines is 1. The standard InChI is InChI=1S/C15H28N4O/c1-3-20-12-4-10-19-11-9-17-15(19)18(2)13-14-5-7-16-8-6-14/h9,11,14,16H,3-8,10,12-13H2,1-2H3. The molecule has 0 saturated carbocycles. The highest BCUT2D eigenvalue weighted by molar-refractivity contribution is 5.29. The van der Waals surface area contributed by atoms with Crippen molar-refractivity contribution in [3.63, 3.8) is 0 Å². The van der Waals surface area contributed by atoms with Gasteiger partial charge < -0.3 is 19.5 Å². The molecule has 0 spiro atoms. The quantitative estimate of drug-likeness (QED) is 0.737. The summed E-state index contributed by atoms with van der Waals surface area (Å²) in [5, 5.41) is 3.42. The molecule has 2 heterocycles. The minimum Gasteiger partial charge on any atom is -0.382 e. The van der Waals surface area contributed by atoms with E-state index in [1.54, 1.807) is 0 Å². The maximum atomic E-state index is 5.40. The molecule has 0 radical (unpaired) electrons. The summed E-state index contributed by atoms with van der Waals surface area (Å²) in [5.41, 5.74) is 0. The Balaban J connectivity index is 1.82. The topological polar surface area (TPSA) is 42.3 Å². The molecule has 2 rings (SSSR count). The van der Waals surface area contributed by atoms with Crippen LogP contribution in [0.15, 0.2) is 12.4 Å². The summed E-state index contributed by atoms with van der Waals surface area (Å²) in [7, 11) is 2.16. The monoisotopic (exact) mass is 280 g/mol. The average molecular weight is 280 g/mol. The van der Waals surface area contributed by atoms with Crippen molar-refractivity contribution in [2.45, 2.75) is 32.7 Å². The van der Waals surface area contributed by atoms with Gasteiger partial charge in [-0.05, 0) is 45.2 Å². The van der Waals surface area contributed by atoms with Crippen LogP contribution in [0.2, 0.25) is 0 Å². The van der Waals surface area contributed by atoms with E-state index in [0.29, 0.717) is 0 Å². The van der Waals surface area contributed by atoms with E-state index in [0.717, 1.165) is 57.7 Å². The first-order valence-corrected chi connectivity index (χ1v) is 7.82. The third-order valence-corrected chi connectivity index (χ3v) is 3.92. The largest absolute Gasteiger partial charge is 0.382 e. The summed E-state index contributed by atoms with van der Waals surface area (Å²) < 4.78 is 7.64. The molecule has 1 N–H and O–H groups in total. The Kier molecular flexibility index (Phi) is 6.33. The van der Waals surface area contributed by atoms with Crippen molar-refractivity contribution >= 4 is 5.95 Å². The van der Waals surface area contributed by atoms with E-state index < -0.39 is 0 Å². The first kappa shape index (κ1) is 15.3. The van der Waals surface area contributed by atoms with Gasteiger partial charge in [-0.25, -0.2) is 4.98 Å². The van der Waals surface area contributed by atoms with Crippen LogP contribution in [0, 0.1) is 5.92 Å². The molecule has 0 amide bonds. The normalized spacial score (nSPS) is 16.5. The molecular formula is C15H28N4O. The minimum absolute atomic E-state index is 0.787. The van der Waals surface area contributed by atoms with E-state index in [2.05, 4.69) is 33.0 Å². The first-order valence-electron chi connectivity index (χ1n) is 7.82. The third kappa shape index (κ3) is 4.49. The van der Waals surface area contributed by atoms with Crippen LogP contribution in [0.1, 0.15) is 26.2 Å². The number of piperidine rings is 1. The summed E-state index contributed by atoms with van der Waals surface area (Å²) in [6, 6.07) is 0. The highest BCUT2D eigenvalue weighted by Crippen LogP contribution is 2.17. The number of hydrogen-bond donors (Lipinski definition) is 1. The predicted octanol–water partition coefficient (Wildman–Crippen LogP) is 1.75. The molecule has 1 aliphatic heterocycles. The zero-order valence-electron chi connectivity index (χ0n) is 12.8. The Labute approximate surface area is 122 Å². The summed E-state index contributed by atoms with van der Waals surface area (Å²) in [6.07, 6.45) is 7.55. The van der Waals surface area contributed by atoms with Crippen molar-refractivity contribution in [1.29, 1.82) is 0 Å². The number of imidazole rings is 1. The number of hydrogen-bond acceptors (Lipinski definition) is 4. The lowest BCUT2D eigenvalue weighted by atomic mass is 9.98. The zero-order valence-corrected chi connectivity index (χ0v) is 12.8. The molecule has 114 valence electrons. The lowest BCUT2D eigenvalue weighted by molar-refractivity contribution is 0.141. The van der Waals surface area contributed by atoms with Crippen molar-refractivity contribution in [3.05, 3.63) is 12.4 Å². The maximum absolute atomic E-state index is 5.40. The highest BCUT2D eigenvalue weighted by Gasteiger charge is 2.17. The third-order valence-electron chi connectivity index (χ3n) is 3.92. The van der Waals surface area contributed by atoms with Gasteiger partial charge in [-0.15, -0.1) is 0 Å². The number of rotatable bonds is 8. The van der Waals surface area contributed by atoms with Gasteiger partial charge >= 0.3 is 0 Å². The zero-order chi connectivity index (χ0) is 14.2. The highest BCUT2D eigenvalue weighted by atomic mass is 16.5. The Bertz CT molecular complexity index is 374. The van der Waals surface area contributed by atoms with E-state index in [-0.39, 0.29) is 0 Å². The van der Waals surface area contributed by atoms with Crippen molar-refractivity contribution in [2.75, 3.05) is 44.8 Å². The van der Waals surface area contributed by atoms with Gasteiger partial charge in [0.25, 0.3) is 0 Å². The molecule has 1 fully saturated rings. The number of aromatic nitrogens is 2. The van der Waals surface area contributed by atoms with Crippen LogP contribution in [0.4, 0.5) is 5.95 Å². The molecule has 1 aliphatic rings. The van der Waals surface area contributed by atoms with E-state index in [4.69, 9.17) is 4.74 Å². The Hall–Kier alpha value is -1.07. The maximum Gasteiger partial charge on any atom is 0.205 e. The average Bonchev–Trinajstić information content (AvgIpc) is 2.93. The fraction of sp³-hybridized carbons (Fsp3) is 0.800. The lowest BCUT2D eigenvalue weighted by Crippen LogP contribution is -2.35. The number of nitrogens with zero attached hydrogens (tertiary/aromatic N) is 3. The second kappa shape index (κ2) is 8.27. The van der Waals surface area contributed by atoms with Crippen LogP contribution >= 0.6 is 0 Å². The van der Waals surface area contributed by atoms with Crippen molar-refractivity contribution in [2.24, 2.45) is 5.92 Å². The SMILES string of the molecule is CCOCCCn1ccnc1N(C)CC1CCNCC1. The van der Waals surface area contributed by atoms with Gasteiger partial charge in [-0.2, -0.15) is 0 Å². The minimum atomic E-state index is 0.787. The molecule has 20 heavy (non-hydrogen) atoms. The van der Waals surface area contributed by atoms with Gasteiger partial charge in [0.2, 0.25) is 5.95 Å². The van der Waals surface area contributed by atoms with Gasteiger partial charge in [0.05, 0.1) is 0 Å². The fourth-order valence-corrected chi connectivity index (χ4v) is 2.83. The lowest BCUT2D eigenvalue weighted by Gasteiger charge is -2.28. The summed E-state index contributed by atoms with van der Waals surface area (Å²) in [6.45, 7) is 8.05. The smallest absolute Gasteiger partial charge is 0.205 e. The van der Waals surface area contributed by atoms with E-state index >= 15 is 0 Å².